The molecule has 1 aromatic rings. The molecule has 0 heterocycles. The summed E-state index contributed by atoms with van der Waals surface area (Å²) in [6.45, 7) is 1.99. The Balaban J connectivity index is 2.35. The first-order chi connectivity index (χ1) is 7.74. The van der Waals surface area contributed by atoms with E-state index in [4.69, 9.17) is 0 Å². The Morgan fingerprint density at radius 2 is 2.19 bits per heavy atom. The van der Waals surface area contributed by atoms with E-state index in [0.29, 0.717) is 17.9 Å². The van der Waals surface area contributed by atoms with Crippen molar-refractivity contribution < 1.29 is 9.90 Å². The summed E-state index contributed by atoms with van der Waals surface area (Å²) in [6, 6.07) is 5.45. The number of carbonyl (C=O) groups excluding carboxylic acids is 1. The van der Waals surface area contributed by atoms with E-state index in [2.05, 4.69) is 0 Å². The van der Waals surface area contributed by atoms with Crippen LogP contribution in [0.3, 0.4) is 0 Å². The monoisotopic (exact) mass is 218 g/mol. The first-order valence-corrected chi connectivity index (χ1v) is 6.09. The number of hydrogen-bond acceptors (Lipinski definition) is 2. The minimum atomic E-state index is 0.0856. The van der Waals surface area contributed by atoms with E-state index in [-0.39, 0.29) is 11.5 Å². The van der Waals surface area contributed by atoms with E-state index in [0.717, 1.165) is 24.8 Å². The topological polar surface area (TPSA) is 37.3 Å². The first kappa shape index (κ1) is 11.2. The van der Waals surface area contributed by atoms with Crippen LogP contribution in [0.15, 0.2) is 18.2 Å². The average molecular weight is 218 g/mol. The number of aromatic hydroxyl groups is 1. The Kier molecular flexibility index (Phi) is 3.28. The lowest BCUT2D eigenvalue weighted by Crippen LogP contribution is -2.14. The molecule has 0 amide bonds. The van der Waals surface area contributed by atoms with Gasteiger partial charge in [0.05, 0.1) is 5.56 Å². The van der Waals surface area contributed by atoms with Gasteiger partial charge >= 0.3 is 0 Å². The summed E-state index contributed by atoms with van der Waals surface area (Å²) >= 11 is 0. The fourth-order valence-electron chi connectivity index (χ4n) is 2.27. The van der Waals surface area contributed by atoms with Crippen LogP contribution in [-0.4, -0.2) is 10.9 Å². The van der Waals surface area contributed by atoms with Crippen molar-refractivity contribution in [2.24, 2.45) is 0 Å². The molecular formula is C14H18O2. The van der Waals surface area contributed by atoms with Crippen LogP contribution in [0, 0.1) is 0 Å². The number of rotatable bonds is 4. The molecule has 0 spiro atoms. The fourth-order valence-corrected chi connectivity index (χ4v) is 2.27. The third-order valence-electron chi connectivity index (χ3n) is 3.38. The van der Waals surface area contributed by atoms with Gasteiger partial charge in [0.25, 0.3) is 0 Å². The first-order valence-electron chi connectivity index (χ1n) is 6.09. The van der Waals surface area contributed by atoms with Crippen molar-refractivity contribution in [3.63, 3.8) is 0 Å². The molecule has 2 nitrogen and oxygen atoms in total. The number of hydrogen-bond donors (Lipinski definition) is 1. The van der Waals surface area contributed by atoms with Gasteiger partial charge in [-0.2, -0.15) is 0 Å². The van der Waals surface area contributed by atoms with Crippen LogP contribution >= 0.6 is 0 Å². The van der Waals surface area contributed by atoms with E-state index in [9.17, 15) is 9.90 Å². The summed E-state index contributed by atoms with van der Waals surface area (Å²) < 4.78 is 0. The molecule has 1 fully saturated rings. The summed E-state index contributed by atoms with van der Waals surface area (Å²) in [6.07, 6.45) is 4.89. The summed E-state index contributed by atoms with van der Waals surface area (Å²) in [7, 11) is 0. The van der Waals surface area contributed by atoms with Gasteiger partial charge in [-0.25, -0.2) is 0 Å². The molecule has 0 aliphatic heterocycles. The highest BCUT2D eigenvalue weighted by Gasteiger charge is 2.25. The molecule has 1 aliphatic rings. The molecule has 1 aromatic carbocycles. The molecule has 0 atom stereocenters. The highest BCUT2D eigenvalue weighted by atomic mass is 16.3. The van der Waals surface area contributed by atoms with E-state index >= 15 is 0 Å². The normalized spacial score (nSPS) is 15.8. The lowest BCUT2D eigenvalue weighted by Gasteiger charge is -2.27. The smallest absolute Gasteiger partial charge is 0.166 e. The van der Waals surface area contributed by atoms with Crippen molar-refractivity contribution in [1.29, 1.82) is 0 Å². The maximum Gasteiger partial charge on any atom is 0.166 e. The van der Waals surface area contributed by atoms with Gasteiger partial charge in [-0.05, 0) is 36.8 Å². The van der Waals surface area contributed by atoms with Crippen LogP contribution in [-0.2, 0) is 0 Å². The van der Waals surface area contributed by atoms with Gasteiger partial charge in [0.15, 0.2) is 5.78 Å². The van der Waals surface area contributed by atoms with Crippen molar-refractivity contribution in [2.45, 2.75) is 44.9 Å². The van der Waals surface area contributed by atoms with E-state index in [1.807, 2.05) is 19.1 Å². The Hall–Kier alpha value is -1.31. The van der Waals surface area contributed by atoms with Gasteiger partial charge < -0.3 is 5.11 Å². The van der Waals surface area contributed by atoms with Crippen molar-refractivity contribution in [3.8, 4) is 5.75 Å². The van der Waals surface area contributed by atoms with Crippen LogP contribution in [0.2, 0.25) is 0 Å². The fraction of sp³-hybridized carbons (Fsp3) is 0.500. The second-order valence-corrected chi connectivity index (χ2v) is 4.54. The van der Waals surface area contributed by atoms with E-state index in [1.54, 1.807) is 6.07 Å². The SMILES string of the molecule is CCCC(=O)c1c(O)cccc1C1CCC1. The van der Waals surface area contributed by atoms with Crippen LogP contribution in [0.4, 0.5) is 0 Å². The minimum Gasteiger partial charge on any atom is -0.507 e. The third kappa shape index (κ3) is 1.97. The summed E-state index contributed by atoms with van der Waals surface area (Å²) in [5.74, 6) is 0.730. The van der Waals surface area contributed by atoms with Gasteiger partial charge in [-0.3, -0.25) is 4.79 Å². The summed E-state index contributed by atoms with van der Waals surface area (Å²) in [5, 5.41) is 9.84. The molecular weight excluding hydrogens is 200 g/mol. The Morgan fingerprint density at radius 3 is 2.75 bits per heavy atom. The average Bonchev–Trinajstić information content (AvgIpc) is 2.15. The minimum absolute atomic E-state index is 0.0856. The lowest BCUT2D eigenvalue weighted by molar-refractivity contribution is 0.0977. The number of benzene rings is 1. The molecule has 2 rings (SSSR count). The predicted molar refractivity (Wildman–Crippen MR) is 63.9 cm³/mol. The largest absolute Gasteiger partial charge is 0.507 e. The predicted octanol–water partition coefficient (Wildman–Crippen LogP) is 3.64. The van der Waals surface area contributed by atoms with Crippen LogP contribution in [0.25, 0.3) is 0 Å². The van der Waals surface area contributed by atoms with Crippen LogP contribution < -0.4 is 0 Å². The van der Waals surface area contributed by atoms with Gasteiger partial charge in [0.2, 0.25) is 0 Å². The molecule has 0 unspecified atom stereocenters. The molecule has 1 aliphatic carbocycles. The number of Topliss-reactive ketones (excluding diaryl/α,β-unsaturated/α-hetero) is 1. The van der Waals surface area contributed by atoms with Crippen molar-refractivity contribution in [1.82, 2.24) is 0 Å². The van der Waals surface area contributed by atoms with Crippen molar-refractivity contribution in [3.05, 3.63) is 29.3 Å². The summed E-state index contributed by atoms with van der Waals surface area (Å²) in [4.78, 5) is 12.0. The molecule has 0 saturated heterocycles. The molecule has 2 heteroatoms. The molecule has 1 saturated carbocycles. The second kappa shape index (κ2) is 4.69. The Bertz CT molecular complexity index is 392. The molecule has 86 valence electrons. The van der Waals surface area contributed by atoms with Gasteiger partial charge in [-0.15, -0.1) is 0 Å². The van der Waals surface area contributed by atoms with Crippen LogP contribution in [0.5, 0.6) is 5.75 Å². The maximum absolute atomic E-state index is 12.0. The lowest BCUT2D eigenvalue weighted by atomic mass is 9.77. The van der Waals surface area contributed by atoms with Gasteiger partial charge in [-0.1, -0.05) is 25.5 Å². The zero-order chi connectivity index (χ0) is 11.5. The number of carbonyl (C=O) groups is 1. The standard InChI is InChI=1S/C14H18O2/c1-2-5-12(15)14-11(10-6-3-7-10)8-4-9-13(14)16/h4,8-10,16H,2-3,5-7H2,1H3. The number of phenols is 1. The van der Waals surface area contributed by atoms with E-state index in [1.165, 1.54) is 6.42 Å². The quantitative estimate of drug-likeness (QED) is 0.783. The summed E-state index contributed by atoms with van der Waals surface area (Å²) in [5.41, 5.74) is 1.64. The molecule has 16 heavy (non-hydrogen) atoms. The Labute approximate surface area is 96.3 Å². The van der Waals surface area contributed by atoms with Crippen LogP contribution in [0.1, 0.15) is 60.9 Å². The molecule has 0 aromatic heterocycles. The second-order valence-electron chi connectivity index (χ2n) is 4.54. The van der Waals surface area contributed by atoms with Crippen molar-refractivity contribution >= 4 is 5.78 Å². The van der Waals surface area contributed by atoms with Gasteiger partial charge in [0, 0.05) is 6.42 Å². The van der Waals surface area contributed by atoms with E-state index < -0.39 is 0 Å². The highest BCUT2D eigenvalue weighted by molar-refractivity contribution is 6.00. The maximum atomic E-state index is 12.0. The van der Waals surface area contributed by atoms with Crippen molar-refractivity contribution in [2.75, 3.05) is 0 Å². The zero-order valence-corrected chi connectivity index (χ0v) is 9.70. The zero-order valence-electron chi connectivity index (χ0n) is 9.70. The number of phenolic OH excluding ortho intramolecular Hbond substituents is 1. The highest BCUT2D eigenvalue weighted by Crippen LogP contribution is 2.40. The third-order valence-corrected chi connectivity index (χ3v) is 3.38. The molecule has 0 bridgehead atoms. The van der Waals surface area contributed by atoms with Gasteiger partial charge in [0.1, 0.15) is 5.75 Å². The molecule has 0 radical (unpaired) electrons. The Morgan fingerprint density at radius 1 is 1.44 bits per heavy atom. The molecule has 1 N–H and O–H groups in total. The number of ketones is 1.